The number of ether oxygens (including phenoxy) is 3. The van der Waals surface area contributed by atoms with Crippen LogP contribution in [0.25, 0.3) is 0 Å². The Hall–Kier alpha value is -2.11. The number of allylic oxidation sites excluding steroid dienone is 5. The standard InChI is InChI=1S/C36H58O9/c1-11-21(4)33-25(8)17-24(7)29(38)18-28(37)23(6)16-20(3)15-19(2)13-12-14-22(5)34(26(9)35(42)44-33)45-36-32(41)31(40)30(39)27(10)43-36/h11-14,16-17,19,23,25-34,36-41H,15,18H2,1-10H3/b13-12+,20-16+,21-11+,22-14+,24-17+/t19-,23+,25+,26+,27-,28+,29+,30?,31+,32+,33+,34-,36-/m0/s1. The molecule has 13 atom stereocenters. The molecule has 2 rings (SSSR count). The zero-order chi connectivity index (χ0) is 34.2. The van der Waals surface area contributed by atoms with E-state index in [1.807, 2.05) is 78.8 Å². The third-order valence-corrected chi connectivity index (χ3v) is 9.10. The first-order valence-corrected chi connectivity index (χ1v) is 16.2. The molecule has 1 fully saturated rings. The summed E-state index contributed by atoms with van der Waals surface area (Å²) in [6, 6.07) is 0. The van der Waals surface area contributed by atoms with Gasteiger partial charge < -0.3 is 39.7 Å². The smallest absolute Gasteiger partial charge is 0.312 e. The molecule has 0 aromatic heterocycles. The van der Waals surface area contributed by atoms with Gasteiger partial charge in [0.15, 0.2) is 6.29 Å². The van der Waals surface area contributed by atoms with Crippen molar-refractivity contribution >= 4 is 5.97 Å². The van der Waals surface area contributed by atoms with Crippen LogP contribution in [0, 0.1) is 23.7 Å². The molecule has 1 saturated heterocycles. The fourth-order valence-electron chi connectivity index (χ4n) is 5.96. The van der Waals surface area contributed by atoms with E-state index in [1.165, 1.54) is 0 Å². The summed E-state index contributed by atoms with van der Waals surface area (Å²) in [5, 5.41) is 53.0. The van der Waals surface area contributed by atoms with Crippen molar-refractivity contribution in [2.45, 2.75) is 137 Å². The van der Waals surface area contributed by atoms with Crippen LogP contribution in [0.15, 0.2) is 58.7 Å². The highest BCUT2D eigenvalue weighted by atomic mass is 16.7. The molecular formula is C36H58O9. The van der Waals surface area contributed by atoms with Gasteiger partial charge in [0.05, 0.1) is 30.3 Å². The van der Waals surface area contributed by atoms with E-state index in [2.05, 4.69) is 13.0 Å². The molecular weight excluding hydrogens is 576 g/mol. The third kappa shape index (κ3) is 11.0. The zero-order valence-electron chi connectivity index (χ0n) is 28.8. The highest BCUT2D eigenvalue weighted by Gasteiger charge is 2.44. The topological polar surface area (TPSA) is 146 Å². The SMILES string of the molecule is C/C=C(\C)[C@H]1OC(=O)[C@H](C)[C@@H](O[C@@H]2O[C@@H](C)C(O)[C@@H](O)[C@H]2O)/C(C)=C/C=C/[C@H](C)C/C(C)=C/[C@@H](C)[C@H](O)C[C@@H](O)/C(C)=C/[C@H]1C. The average Bonchev–Trinajstić information content (AvgIpc) is 2.97. The van der Waals surface area contributed by atoms with Gasteiger partial charge in [-0.25, -0.2) is 0 Å². The van der Waals surface area contributed by atoms with Crippen molar-refractivity contribution in [3.63, 3.8) is 0 Å². The lowest BCUT2D eigenvalue weighted by atomic mass is 9.90. The summed E-state index contributed by atoms with van der Waals surface area (Å²) in [6.45, 7) is 18.6. The van der Waals surface area contributed by atoms with Crippen LogP contribution in [-0.4, -0.2) is 86.6 Å². The number of cyclic esters (lactones) is 1. The number of carbonyl (C=O) groups is 1. The molecule has 5 N–H and O–H groups in total. The highest BCUT2D eigenvalue weighted by Crippen LogP contribution is 2.30. The first-order chi connectivity index (χ1) is 21.0. The molecule has 0 bridgehead atoms. The number of rotatable bonds is 3. The molecule has 9 heteroatoms. The monoisotopic (exact) mass is 634 g/mol. The van der Waals surface area contributed by atoms with Crippen molar-refractivity contribution in [2.75, 3.05) is 0 Å². The second-order valence-corrected chi connectivity index (χ2v) is 13.4. The van der Waals surface area contributed by atoms with E-state index >= 15 is 0 Å². The number of carbonyl (C=O) groups excluding carboxylic acids is 1. The fourth-order valence-corrected chi connectivity index (χ4v) is 5.96. The minimum absolute atomic E-state index is 0.146. The van der Waals surface area contributed by atoms with E-state index in [0.717, 1.165) is 17.6 Å². The van der Waals surface area contributed by atoms with E-state index in [0.29, 0.717) is 11.1 Å². The summed E-state index contributed by atoms with van der Waals surface area (Å²) < 4.78 is 18.0. The molecule has 0 spiro atoms. The predicted molar refractivity (Wildman–Crippen MR) is 175 cm³/mol. The fraction of sp³-hybridized carbons (Fsp3) is 0.694. The Bertz CT molecular complexity index is 1120. The lowest BCUT2D eigenvalue weighted by Gasteiger charge is -2.41. The Morgan fingerprint density at radius 2 is 1.56 bits per heavy atom. The van der Waals surface area contributed by atoms with Crippen LogP contribution >= 0.6 is 0 Å². The molecule has 1 unspecified atom stereocenters. The van der Waals surface area contributed by atoms with Crippen molar-refractivity contribution in [3.05, 3.63) is 58.7 Å². The van der Waals surface area contributed by atoms with Crippen molar-refractivity contribution < 1.29 is 44.5 Å². The third-order valence-electron chi connectivity index (χ3n) is 9.10. The van der Waals surface area contributed by atoms with Gasteiger partial charge in [0.1, 0.15) is 24.4 Å². The second kappa shape index (κ2) is 17.7. The minimum Gasteiger partial charge on any atom is -0.457 e. The number of hydrogen-bond donors (Lipinski definition) is 5. The molecule has 0 radical (unpaired) electrons. The first kappa shape index (κ1) is 39.1. The van der Waals surface area contributed by atoms with E-state index in [4.69, 9.17) is 14.2 Å². The van der Waals surface area contributed by atoms with Gasteiger partial charge in [-0.3, -0.25) is 4.79 Å². The van der Waals surface area contributed by atoms with E-state index in [-0.39, 0.29) is 24.2 Å². The Morgan fingerprint density at radius 3 is 2.18 bits per heavy atom. The number of esters is 1. The van der Waals surface area contributed by atoms with Gasteiger partial charge in [-0.05, 0) is 77.5 Å². The molecule has 0 saturated carbocycles. The molecule has 0 aromatic rings. The van der Waals surface area contributed by atoms with Gasteiger partial charge in [0.25, 0.3) is 0 Å². The molecule has 2 heterocycles. The van der Waals surface area contributed by atoms with Crippen molar-refractivity contribution in [1.29, 1.82) is 0 Å². The van der Waals surface area contributed by atoms with Gasteiger partial charge in [0.2, 0.25) is 0 Å². The summed E-state index contributed by atoms with van der Waals surface area (Å²) in [7, 11) is 0. The average molecular weight is 635 g/mol. The van der Waals surface area contributed by atoms with Gasteiger partial charge in [-0.1, -0.05) is 62.8 Å². The van der Waals surface area contributed by atoms with Gasteiger partial charge in [0, 0.05) is 18.3 Å². The van der Waals surface area contributed by atoms with Crippen molar-refractivity contribution in [3.8, 4) is 0 Å². The molecule has 9 nitrogen and oxygen atoms in total. The normalized spacial score (nSPS) is 44.8. The number of aliphatic hydroxyl groups is 5. The van der Waals surface area contributed by atoms with Crippen molar-refractivity contribution in [1.82, 2.24) is 0 Å². The Balaban J connectivity index is 2.56. The van der Waals surface area contributed by atoms with Crippen LogP contribution in [-0.2, 0) is 19.0 Å². The van der Waals surface area contributed by atoms with Crippen LogP contribution in [0.4, 0.5) is 0 Å². The summed E-state index contributed by atoms with van der Waals surface area (Å²) in [4.78, 5) is 13.8. The molecule has 256 valence electrons. The van der Waals surface area contributed by atoms with Crippen LogP contribution in [0.2, 0.25) is 0 Å². The van der Waals surface area contributed by atoms with E-state index in [1.54, 1.807) is 13.8 Å². The van der Waals surface area contributed by atoms with E-state index < -0.39 is 67.0 Å². The van der Waals surface area contributed by atoms with Gasteiger partial charge >= 0.3 is 5.97 Å². The summed E-state index contributed by atoms with van der Waals surface area (Å²) in [6.07, 6.45) is 3.06. The first-order valence-electron chi connectivity index (χ1n) is 16.2. The van der Waals surface area contributed by atoms with Gasteiger partial charge in [-0.15, -0.1) is 0 Å². The lowest BCUT2D eigenvalue weighted by Crippen LogP contribution is -2.58. The zero-order valence-corrected chi connectivity index (χ0v) is 28.8. The lowest BCUT2D eigenvalue weighted by molar-refractivity contribution is -0.303. The molecule has 2 aliphatic heterocycles. The highest BCUT2D eigenvalue weighted by molar-refractivity contribution is 5.74. The number of hydrogen-bond acceptors (Lipinski definition) is 9. The number of aliphatic hydroxyl groups excluding tert-OH is 5. The quantitative estimate of drug-likeness (QED) is 0.223. The van der Waals surface area contributed by atoms with Gasteiger partial charge in [-0.2, -0.15) is 0 Å². The Labute approximate surface area is 270 Å². The van der Waals surface area contributed by atoms with Crippen LogP contribution in [0.1, 0.15) is 82.1 Å². The molecule has 45 heavy (non-hydrogen) atoms. The van der Waals surface area contributed by atoms with Crippen LogP contribution < -0.4 is 0 Å². The van der Waals surface area contributed by atoms with E-state index in [9.17, 15) is 30.3 Å². The maximum atomic E-state index is 13.8. The largest absolute Gasteiger partial charge is 0.457 e. The molecule has 0 amide bonds. The Morgan fingerprint density at radius 1 is 0.911 bits per heavy atom. The second-order valence-electron chi connectivity index (χ2n) is 13.4. The summed E-state index contributed by atoms with van der Waals surface area (Å²) in [5.41, 5.74) is 3.32. The molecule has 0 aromatic carbocycles. The maximum absolute atomic E-state index is 13.8. The Kier molecular flexibility index (Phi) is 15.4. The molecule has 2 aliphatic rings. The molecule has 0 aliphatic carbocycles. The summed E-state index contributed by atoms with van der Waals surface area (Å²) in [5.74, 6) is -1.65. The summed E-state index contributed by atoms with van der Waals surface area (Å²) >= 11 is 0. The maximum Gasteiger partial charge on any atom is 0.312 e. The van der Waals surface area contributed by atoms with Crippen LogP contribution in [0.5, 0.6) is 0 Å². The van der Waals surface area contributed by atoms with Crippen molar-refractivity contribution in [2.24, 2.45) is 23.7 Å². The minimum atomic E-state index is -1.53. The van der Waals surface area contributed by atoms with Crippen LogP contribution in [0.3, 0.4) is 0 Å². The predicted octanol–water partition coefficient (Wildman–Crippen LogP) is 4.53.